The lowest BCUT2D eigenvalue weighted by molar-refractivity contribution is 1.14. The maximum Gasteiger partial charge on any atom is 0.139 e. The molecule has 2 heterocycles. The molecule has 3 rings (SSSR count). The van der Waals surface area contributed by atoms with Gasteiger partial charge in [-0.15, -0.1) is 11.3 Å². The third kappa shape index (κ3) is 1.69. The Kier molecular flexibility index (Phi) is 2.59. The summed E-state index contributed by atoms with van der Waals surface area (Å²) < 4.78 is 0. The Bertz CT molecular complexity index is 680. The number of H-pyrrole nitrogens is 1. The summed E-state index contributed by atoms with van der Waals surface area (Å²) in [4.78, 5) is 9.98. The number of nitrogens with one attached hydrogen (secondary N) is 1. The Morgan fingerprint density at radius 1 is 1.28 bits per heavy atom. The average Bonchev–Trinajstić information content (AvgIpc) is 2.97. The first kappa shape index (κ1) is 11.3. The molecule has 0 radical (unpaired) electrons. The number of nitrogens with zero attached hydrogens (tertiary/aromatic N) is 2. The minimum absolute atomic E-state index is 1.04. The van der Waals surface area contributed by atoms with Crippen LogP contribution in [0.4, 0.5) is 5.69 Å². The molecule has 1 N–H and O–H groups in total. The monoisotopic (exact) mass is 257 g/mol. The van der Waals surface area contributed by atoms with Gasteiger partial charge in [-0.2, -0.15) is 0 Å². The van der Waals surface area contributed by atoms with Crippen molar-refractivity contribution in [1.82, 2.24) is 9.97 Å². The van der Waals surface area contributed by atoms with E-state index in [4.69, 9.17) is 0 Å². The largest absolute Gasteiger partial charge is 0.376 e. The molecule has 0 unspecified atom stereocenters. The third-order valence-corrected chi connectivity index (χ3v) is 3.94. The van der Waals surface area contributed by atoms with Crippen molar-refractivity contribution in [3.8, 4) is 10.7 Å². The molecule has 0 saturated carbocycles. The van der Waals surface area contributed by atoms with Gasteiger partial charge >= 0.3 is 0 Å². The SMILES string of the molecule is Cc1ccc(N(C)C)c2[nH]c(-c3nccs3)cc12. The van der Waals surface area contributed by atoms with Crippen LogP contribution in [0.15, 0.2) is 29.8 Å². The van der Waals surface area contributed by atoms with Crippen LogP contribution in [0.2, 0.25) is 0 Å². The third-order valence-electron chi connectivity index (χ3n) is 3.13. The molecule has 0 amide bonds. The lowest BCUT2D eigenvalue weighted by atomic mass is 10.1. The number of benzene rings is 1. The van der Waals surface area contributed by atoms with Crippen molar-refractivity contribution in [1.29, 1.82) is 0 Å². The summed E-state index contributed by atoms with van der Waals surface area (Å²) in [6, 6.07) is 6.51. The van der Waals surface area contributed by atoms with Crippen LogP contribution in [0.25, 0.3) is 21.6 Å². The molecule has 0 spiro atoms. The highest BCUT2D eigenvalue weighted by molar-refractivity contribution is 7.13. The van der Waals surface area contributed by atoms with E-state index in [1.54, 1.807) is 11.3 Å². The average molecular weight is 257 g/mol. The second kappa shape index (κ2) is 4.14. The molecular formula is C14H15N3S. The number of fused-ring (bicyclic) bond motifs is 1. The first-order chi connectivity index (χ1) is 8.66. The fraction of sp³-hybridized carbons (Fsp3) is 0.214. The van der Waals surface area contributed by atoms with Crippen LogP contribution in [0, 0.1) is 6.92 Å². The van der Waals surface area contributed by atoms with E-state index in [0.717, 1.165) is 10.7 Å². The minimum atomic E-state index is 1.04. The molecule has 0 atom stereocenters. The maximum absolute atomic E-state index is 4.36. The quantitative estimate of drug-likeness (QED) is 0.759. The molecule has 1 aromatic carbocycles. The van der Waals surface area contributed by atoms with Crippen LogP contribution >= 0.6 is 11.3 Å². The molecule has 92 valence electrons. The standard InChI is InChI=1S/C14H15N3S/c1-9-4-5-12(17(2)3)13-10(9)8-11(16-13)14-15-6-7-18-14/h4-8,16H,1-3H3. The molecule has 0 fully saturated rings. The first-order valence-electron chi connectivity index (χ1n) is 5.86. The van der Waals surface area contributed by atoms with Crippen molar-refractivity contribution < 1.29 is 0 Å². The van der Waals surface area contributed by atoms with E-state index in [1.165, 1.54) is 22.2 Å². The second-order valence-electron chi connectivity index (χ2n) is 4.60. The number of hydrogen-bond donors (Lipinski definition) is 1. The van der Waals surface area contributed by atoms with Gasteiger partial charge in [-0.25, -0.2) is 4.98 Å². The number of hydrogen-bond acceptors (Lipinski definition) is 3. The summed E-state index contributed by atoms with van der Waals surface area (Å²) in [5.41, 5.74) is 4.77. The van der Waals surface area contributed by atoms with E-state index in [0.29, 0.717) is 0 Å². The highest BCUT2D eigenvalue weighted by atomic mass is 32.1. The maximum atomic E-state index is 4.36. The number of thiazole rings is 1. The van der Waals surface area contributed by atoms with Gasteiger partial charge in [0.1, 0.15) is 5.01 Å². The number of aryl methyl sites for hydroxylation is 1. The van der Waals surface area contributed by atoms with Crippen LogP contribution in [0.1, 0.15) is 5.56 Å². The van der Waals surface area contributed by atoms with E-state index in [2.05, 4.69) is 54.1 Å². The number of rotatable bonds is 2. The van der Waals surface area contributed by atoms with E-state index in [-0.39, 0.29) is 0 Å². The molecule has 4 heteroatoms. The Morgan fingerprint density at radius 2 is 2.11 bits per heavy atom. The predicted molar refractivity (Wildman–Crippen MR) is 78.5 cm³/mol. The summed E-state index contributed by atoms with van der Waals surface area (Å²) in [5.74, 6) is 0. The molecule has 0 aliphatic carbocycles. The van der Waals surface area contributed by atoms with Crippen molar-refractivity contribution in [3.63, 3.8) is 0 Å². The lowest BCUT2D eigenvalue weighted by Gasteiger charge is -2.14. The van der Waals surface area contributed by atoms with Crippen LogP contribution in [0.5, 0.6) is 0 Å². The zero-order valence-electron chi connectivity index (χ0n) is 10.7. The summed E-state index contributed by atoms with van der Waals surface area (Å²) in [7, 11) is 4.13. The van der Waals surface area contributed by atoms with Gasteiger partial charge in [0.25, 0.3) is 0 Å². The molecule has 0 aliphatic rings. The summed E-state index contributed by atoms with van der Waals surface area (Å²) in [5, 5.41) is 4.31. The highest BCUT2D eigenvalue weighted by Crippen LogP contribution is 2.32. The first-order valence-corrected chi connectivity index (χ1v) is 6.74. The zero-order valence-corrected chi connectivity index (χ0v) is 11.5. The van der Waals surface area contributed by atoms with Gasteiger partial charge in [0.15, 0.2) is 0 Å². The second-order valence-corrected chi connectivity index (χ2v) is 5.50. The molecule has 18 heavy (non-hydrogen) atoms. The van der Waals surface area contributed by atoms with Crippen molar-refractivity contribution in [3.05, 3.63) is 35.3 Å². The van der Waals surface area contributed by atoms with Crippen LogP contribution in [0.3, 0.4) is 0 Å². The van der Waals surface area contributed by atoms with E-state index >= 15 is 0 Å². The van der Waals surface area contributed by atoms with Gasteiger partial charge in [-0.3, -0.25) is 0 Å². The number of aromatic amines is 1. The molecule has 0 aliphatic heterocycles. The Morgan fingerprint density at radius 3 is 2.78 bits per heavy atom. The van der Waals surface area contributed by atoms with Gasteiger partial charge in [-0.1, -0.05) is 6.07 Å². The van der Waals surface area contributed by atoms with E-state index < -0.39 is 0 Å². The number of aromatic nitrogens is 2. The van der Waals surface area contributed by atoms with E-state index in [9.17, 15) is 0 Å². The Labute approximate surface area is 110 Å². The van der Waals surface area contributed by atoms with Gasteiger partial charge in [-0.05, 0) is 24.6 Å². The van der Waals surface area contributed by atoms with Crippen LogP contribution in [-0.4, -0.2) is 24.1 Å². The molecule has 3 nitrogen and oxygen atoms in total. The van der Waals surface area contributed by atoms with Gasteiger partial charge in [0.2, 0.25) is 0 Å². The zero-order chi connectivity index (χ0) is 12.7. The van der Waals surface area contributed by atoms with Crippen molar-refractivity contribution in [2.75, 3.05) is 19.0 Å². The van der Waals surface area contributed by atoms with Gasteiger partial charge in [0.05, 0.1) is 16.9 Å². The van der Waals surface area contributed by atoms with Gasteiger partial charge < -0.3 is 9.88 Å². The minimum Gasteiger partial charge on any atom is -0.376 e. The summed E-state index contributed by atoms with van der Waals surface area (Å²) >= 11 is 1.66. The van der Waals surface area contributed by atoms with Gasteiger partial charge in [0, 0.05) is 31.1 Å². The lowest BCUT2D eigenvalue weighted by Crippen LogP contribution is -2.09. The fourth-order valence-corrected chi connectivity index (χ4v) is 2.80. The predicted octanol–water partition coefficient (Wildman–Crippen LogP) is 3.67. The summed E-state index contributed by atoms with van der Waals surface area (Å²) in [6.45, 7) is 2.14. The van der Waals surface area contributed by atoms with Crippen molar-refractivity contribution >= 4 is 27.9 Å². The van der Waals surface area contributed by atoms with E-state index in [1.807, 2.05) is 11.6 Å². The molecule has 0 bridgehead atoms. The van der Waals surface area contributed by atoms with Crippen molar-refractivity contribution in [2.45, 2.75) is 6.92 Å². The normalized spacial score (nSPS) is 11.1. The molecule has 2 aromatic heterocycles. The number of anilines is 1. The fourth-order valence-electron chi connectivity index (χ4n) is 2.19. The molecule has 0 saturated heterocycles. The van der Waals surface area contributed by atoms with Crippen LogP contribution in [-0.2, 0) is 0 Å². The summed E-state index contributed by atoms with van der Waals surface area (Å²) in [6.07, 6.45) is 1.84. The smallest absolute Gasteiger partial charge is 0.139 e. The van der Waals surface area contributed by atoms with Crippen LogP contribution < -0.4 is 4.90 Å². The molecule has 3 aromatic rings. The Balaban J connectivity index is 2.28. The van der Waals surface area contributed by atoms with Crippen molar-refractivity contribution in [2.24, 2.45) is 0 Å². The molecular weight excluding hydrogens is 242 g/mol. The topological polar surface area (TPSA) is 31.9 Å². The Hall–Kier alpha value is -1.81. The highest BCUT2D eigenvalue weighted by Gasteiger charge is 2.11.